The van der Waals surface area contributed by atoms with Crippen LogP contribution in [0.3, 0.4) is 0 Å². The van der Waals surface area contributed by atoms with Crippen LogP contribution in [-0.2, 0) is 57.6 Å². The molecule has 0 aromatic heterocycles. The molecule has 4 rings (SSSR count). The van der Waals surface area contributed by atoms with Crippen molar-refractivity contribution in [2.24, 2.45) is 11.7 Å². The van der Waals surface area contributed by atoms with Crippen LogP contribution in [0.5, 0.6) is 5.75 Å². The fraction of sp³-hybridized carbons (Fsp3) is 0.435. The second-order valence-corrected chi connectivity index (χ2v) is 16.4. The summed E-state index contributed by atoms with van der Waals surface area (Å²) in [7, 11) is 0. The lowest BCUT2D eigenvalue weighted by atomic mass is 10.0. The molecule has 1 heterocycles. The fourth-order valence-electron chi connectivity index (χ4n) is 7.24. The molecule has 1 aliphatic rings. The third-order valence-electron chi connectivity index (χ3n) is 10.7. The second-order valence-electron chi connectivity index (χ2n) is 16.4. The van der Waals surface area contributed by atoms with Crippen LogP contribution in [0.15, 0.2) is 84.9 Å². The third-order valence-corrected chi connectivity index (χ3v) is 10.7. The van der Waals surface area contributed by atoms with Gasteiger partial charge < -0.3 is 57.9 Å². The molecule has 0 unspecified atom stereocenters. The van der Waals surface area contributed by atoms with E-state index in [0.717, 1.165) is 11.1 Å². The number of phenols is 1. The molecule has 7 atom stereocenters. The molecule has 0 spiro atoms. The molecule has 0 saturated carbocycles. The van der Waals surface area contributed by atoms with E-state index in [-0.39, 0.29) is 50.3 Å². The summed E-state index contributed by atoms with van der Waals surface area (Å²) in [6.45, 7) is 3.62. The highest BCUT2D eigenvalue weighted by Gasteiger charge is 2.39. The van der Waals surface area contributed by atoms with Crippen LogP contribution in [0.2, 0.25) is 0 Å². The van der Waals surface area contributed by atoms with Gasteiger partial charge in [-0.1, -0.05) is 86.6 Å². The number of hydrogen-bond acceptors (Lipinski definition) is 11. The molecule has 7 amide bonds. The van der Waals surface area contributed by atoms with Crippen LogP contribution in [0, 0.1) is 5.92 Å². The topological polar surface area (TPSA) is 299 Å². The average Bonchev–Trinajstić information content (AvgIpc) is 3.78. The van der Waals surface area contributed by atoms with Gasteiger partial charge in [-0.3, -0.25) is 33.6 Å². The van der Waals surface area contributed by atoms with Gasteiger partial charge in [-0.15, -0.1) is 0 Å². The number of aliphatic hydroxyl groups excluding tert-OH is 1. The molecule has 0 aliphatic carbocycles. The van der Waals surface area contributed by atoms with Crippen LogP contribution < -0.4 is 37.6 Å². The fourth-order valence-corrected chi connectivity index (χ4v) is 7.24. The first-order valence-electron chi connectivity index (χ1n) is 21.5. The van der Waals surface area contributed by atoms with Crippen molar-refractivity contribution < 1.29 is 53.7 Å². The predicted molar refractivity (Wildman–Crippen MR) is 237 cm³/mol. The zero-order valence-electron chi connectivity index (χ0n) is 36.7. The maximum atomic E-state index is 13.7. The van der Waals surface area contributed by atoms with Crippen molar-refractivity contribution in [3.63, 3.8) is 0 Å². The lowest BCUT2D eigenvalue weighted by Crippen LogP contribution is -2.59. The summed E-state index contributed by atoms with van der Waals surface area (Å²) in [6, 6.07) is 15.3. The first-order valence-corrected chi connectivity index (χ1v) is 21.5. The number of carbonyl (C=O) groups excluding carboxylic acids is 7. The van der Waals surface area contributed by atoms with Crippen LogP contribution in [0.1, 0.15) is 56.7 Å². The molecule has 0 bridgehead atoms. The van der Waals surface area contributed by atoms with E-state index >= 15 is 0 Å². The number of benzene rings is 3. The number of nitrogens with two attached hydrogens (primary N) is 1. The van der Waals surface area contributed by atoms with Crippen LogP contribution in [-0.4, -0.2) is 130 Å². The summed E-state index contributed by atoms with van der Waals surface area (Å²) in [5, 5.41) is 44.8. The van der Waals surface area contributed by atoms with Crippen LogP contribution >= 0.6 is 0 Å². The number of phenolic OH excluding ortho intramolecular Hbond substituents is 1. The Morgan fingerprint density at radius 2 is 1.15 bits per heavy atom. The van der Waals surface area contributed by atoms with E-state index in [9.17, 15) is 53.7 Å². The van der Waals surface area contributed by atoms with Gasteiger partial charge in [0.1, 0.15) is 42.0 Å². The highest BCUT2D eigenvalue weighted by Crippen LogP contribution is 2.21. The number of aliphatic carboxylic acids is 1. The first-order chi connectivity index (χ1) is 30.9. The maximum Gasteiger partial charge on any atom is 0.326 e. The number of nitrogens with zero attached hydrogens (tertiary/aromatic N) is 1. The Morgan fingerprint density at radius 1 is 0.646 bits per heavy atom. The molecule has 65 heavy (non-hydrogen) atoms. The number of hydrogen-bond donors (Lipinski definition) is 10. The van der Waals surface area contributed by atoms with E-state index in [1.54, 1.807) is 30.3 Å². The number of amides is 7. The van der Waals surface area contributed by atoms with Crippen molar-refractivity contribution >= 4 is 47.3 Å². The zero-order chi connectivity index (χ0) is 47.6. The number of carbonyl (C=O) groups is 8. The Labute approximate surface area is 377 Å². The lowest BCUT2D eigenvalue weighted by Gasteiger charge is -2.29. The number of rotatable bonds is 23. The Kier molecular flexibility index (Phi) is 19.4. The summed E-state index contributed by atoms with van der Waals surface area (Å²) >= 11 is 0. The van der Waals surface area contributed by atoms with Crippen LogP contribution in [0.4, 0.5) is 0 Å². The summed E-state index contributed by atoms with van der Waals surface area (Å²) in [4.78, 5) is 107. The molecule has 1 saturated heterocycles. The molecule has 19 nitrogen and oxygen atoms in total. The Balaban J connectivity index is 1.39. The maximum absolute atomic E-state index is 13.7. The number of aromatic hydroxyl groups is 1. The van der Waals surface area contributed by atoms with Gasteiger partial charge in [0, 0.05) is 19.4 Å². The Bertz CT molecular complexity index is 2110. The van der Waals surface area contributed by atoms with E-state index < -0.39 is 103 Å². The summed E-state index contributed by atoms with van der Waals surface area (Å²) in [6.07, 6.45) is 1.01. The first kappa shape index (κ1) is 50.8. The summed E-state index contributed by atoms with van der Waals surface area (Å²) < 4.78 is 0. The van der Waals surface area contributed by atoms with Crippen molar-refractivity contribution in [1.82, 2.24) is 36.8 Å². The van der Waals surface area contributed by atoms with Crippen LogP contribution in [0.25, 0.3) is 0 Å². The Morgan fingerprint density at radius 3 is 1.72 bits per heavy atom. The quantitative estimate of drug-likeness (QED) is 0.0572. The SMILES string of the molecule is CC(C)C[C@H](NC(=O)[C@H](CO)NC(=O)[C@H](Cc1ccc(O)cc1)NC(=O)CNC(=O)[C@H](C)NC(=O)[C@H](Cc1ccccc1)NC(=O)[C@@H](N)Cc1ccccc1)C(=O)N1CCC[C@H]1C(=O)O. The average molecular weight is 901 g/mol. The van der Waals surface area contributed by atoms with Crippen molar-refractivity contribution in [2.45, 2.75) is 102 Å². The van der Waals surface area contributed by atoms with E-state index in [0.29, 0.717) is 12.0 Å². The van der Waals surface area contributed by atoms with E-state index in [1.165, 1.54) is 36.1 Å². The molecule has 11 N–H and O–H groups in total. The van der Waals surface area contributed by atoms with Crippen molar-refractivity contribution in [1.29, 1.82) is 0 Å². The number of aliphatic hydroxyl groups is 1. The van der Waals surface area contributed by atoms with Gasteiger partial charge in [0.15, 0.2) is 0 Å². The molecule has 3 aromatic rings. The summed E-state index contributed by atoms with van der Waals surface area (Å²) in [5.41, 5.74) is 8.23. The van der Waals surface area contributed by atoms with Crippen molar-refractivity contribution in [3.05, 3.63) is 102 Å². The molecular formula is C46H60N8O11. The Hall–Kier alpha value is -6.86. The minimum absolute atomic E-state index is 0.0609. The highest BCUT2D eigenvalue weighted by molar-refractivity contribution is 5.97. The van der Waals surface area contributed by atoms with E-state index in [4.69, 9.17) is 5.73 Å². The van der Waals surface area contributed by atoms with Gasteiger partial charge in [0.2, 0.25) is 41.4 Å². The zero-order valence-corrected chi connectivity index (χ0v) is 36.7. The third kappa shape index (κ3) is 16.0. The smallest absolute Gasteiger partial charge is 0.326 e. The normalized spacial score (nSPS) is 16.2. The van der Waals surface area contributed by atoms with Crippen molar-refractivity contribution in [3.8, 4) is 5.75 Å². The van der Waals surface area contributed by atoms with Gasteiger partial charge in [-0.05, 0) is 67.3 Å². The second kappa shape index (κ2) is 24.8. The summed E-state index contributed by atoms with van der Waals surface area (Å²) in [5.74, 6) is -6.66. The number of carboxylic acid groups (broad SMARTS) is 1. The number of nitrogens with one attached hydrogen (secondary N) is 6. The molecule has 350 valence electrons. The standard InChI is InChI=1S/C46H60N8O11/c1-27(2)21-36(45(63)54-20-10-15-38(54)46(64)65)52-44(62)37(26-55)53-43(61)34(24-31-16-18-32(56)19-17-31)50-39(57)25-48-40(58)28(3)49-42(60)35(23-30-13-8-5-9-14-30)51-41(59)33(47)22-29-11-6-4-7-12-29/h4-9,11-14,16-19,27-28,33-38,55-56H,10,15,20-26,47H2,1-3H3,(H,48,58)(H,49,60)(H,50,57)(H,51,59)(H,52,62)(H,53,61)(H,64,65)/t28-,33-,34-,35-,36-,37-,38-/m0/s1. The van der Waals surface area contributed by atoms with Gasteiger partial charge in [0.25, 0.3) is 0 Å². The predicted octanol–water partition coefficient (Wildman–Crippen LogP) is -0.578. The molecule has 1 aliphatic heterocycles. The largest absolute Gasteiger partial charge is 0.508 e. The minimum Gasteiger partial charge on any atom is -0.508 e. The molecule has 3 aromatic carbocycles. The van der Waals surface area contributed by atoms with E-state index in [1.807, 2.05) is 44.2 Å². The van der Waals surface area contributed by atoms with Gasteiger partial charge in [-0.2, -0.15) is 0 Å². The van der Waals surface area contributed by atoms with E-state index in [2.05, 4.69) is 31.9 Å². The van der Waals surface area contributed by atoms with Gasteiger partial charge >= 0.3 is 5.97 Å². The van der Waals surface area contributed by atoms with Gasteiger partial charge in [0.05, 0.1) is 19.2 Å². The monoisotopic (exact) mass is 900 g/mol. The van der Waals surface area contributed by atoms with Gasteiger partial charge in [-0.25, -0.2) is 4.79 Å². The molecular weight excluding hydrogens is 841 g/mol. The number of likely N-dealkylation sites (tertiary alicyclic amines) is 1. The minimum atomic E-state index is -1.60. The molecule has 19 heteroatoms. The highest BCUT2D eigenvalue weighted by atomic mass is 16.4. The number of carboxylic acids is 1. The molecule has 0 radical (unpaired) electrons. The molecule has 1 fully saturated rings. The van der Waals surface area contributed by atoms with Crippen molar-refractivity contribution in [2.75, 3.05) is 19.7 Å². The lowest BCUT2D eigenvalue weighted by molar-refractivity contribution is -0.149.